The lowest BCUT2D eigenvalue weighted by molar-refractivity contribution is -0.131. The molecule has 2 heterocycles. The molecular formula is C16H13N3O2S. The third-order valence-corrected chi connectivity index (χ3v) is 3.81. The van der Waals surface area contributed by atoms with E-state index in [9.17, 15) is 4.79 Å². The summed E-state index contributed by atoms with van der Waals surface area (Å²) in [4.78, 5) is 25.1. The highest BCUT2D eigenvalue weighted by atomic mass is 32.1. The highest BCUT2D eigenvalue weighted by molar-refractivity contribution is 7.13. The minimum Gasteiger partial charge on any atom is -0.426 e. The lowest BCUT2D eigenvalue weighted by Gasteiger charge is -2.09. The number of nitrogens with zero attached hydrogens (tertiary/aromatic N) is 3. The van der Waals surface area contributed by atoms with Gasteiger partial charge in [-0.1, -0.05) is 12.1 Å². The number of hydrogen-bond donors (Lipinski definition) is 0. The Balaban J connectivity index is 2.08. The summed E-state index contributed by atoms with van der Waals surface area (Å²) in [5.74, 6) is 1.17. The second-order valence-electron chi connectivity index (χ2n) is 4.70. The predicted molar refractivity (Wildman–Crippen MR) is 84.6 cm³/mol. The van der Waals surface area contributed by atoms with Crippen LogP contribution in [0.1, 0.15) is 12.5 Å². The Hall–Kier alpha value is -2.60. The van der Waals surface area contributed by atoms with Crippen molar-refractivity contribution in [3.05, 3.63) is 47.6 Å². The number of thiophene rings is 1. The number of rotatable bonds is 3. The van der Waals surface area contributed by atoms with Crippen molar-refractivity contribution >= 4 is 17.3 Å². The number of hydrogen-bond acceptors (Lipinski definition) is 6. The minimum absolute atomic E-state index is 0.376. The van der Waals surface area contributed by atoms with Gasteiger partial charge in [-0.25, -0.2) is 15.0 Å². The topological polar surface area (TPSA) is 65.0 Å². The Morgan fingerprint density at radius 3 is 2.73 bits per heavy atom. The van der Waals surface area contributed by atoms with Crippen LogP contribution < -0.4 is 4.74 Å². The van der Waals surface area contributed by atoms with Gasteiger partial charge in [-0.3, -0.25) is 4.79 Å². The lowest BCUT2D eigenvalue weighted by atomic mass is 10.1. The van der Waals surface area contributed by atoms with E-state index in [-0.39, 0.29) is 5.97 Å². The molecule has 5 nitrogen and oxygen atoms in total. The van der Waals surface area contributed by atoms with Crippen molar-refractivity contribution in [1.29, 1.82) is 0 Å². The van der Waals surface area contributed by atoms with E-state index in [1.54, 1.807) is 17.4 Å². The molecule has 110 valence electrons. The zero-order chi connectivity index (χ0) is 15.5. The molecule has 0 radical (unpaired) electrons. The molecule has 0 aliphatic rings. The molecule has 0 aliphatic heterocycles. The first-order valence-electron chi connectivity index (χ1n) is 6.66. The molecule has 0 saturated heterocycles. The minimum atomic E-state index is -0.376. The Kier molecular flexibility index (Phi) is 3.93. The number of ether oxygens (including phenoxy) is 1. The first-order valence-corrected chi connectivity index (χ1v) is 7.54. The van der Waals surface area contributed by atoms with Gasteiger partial charge in [0.2, 0.25) is 0 Å². The molecule has 22 heavy (non-hydrogen) atoms. The molecule has 0 saturated carbocycles. The van der Waals surface area contributed by atoms with Crippen molar-refractivity contribution in [3.8, 4) is 27.8 Å². The van der Waals surface area contributed by atoms with Crippen LogP contribution in [0.3, 0.4) is 0 Å². The van der Waals surface area contributed by atoms with Gasteiger partial charge in [0.15, 0.2) is 11.6 Å². The van der Waals surface area contributed by atoms with Gasteiger partial charge in [-0.05, 0) is 36.1 Å². The quantitative estimate of drug-likeness (QED) is 0.547. The van der Waals surface area contributed by atoms with E-state index in [1.807, 2.05) is 36.6 Å². The number of benzene rings is 1. The lowest BCUT2D eigenvalue weighted by Crippen LogP contribution is -2.04. The van der Waals surface area contributed by atoms with E-state index >= 15 is 0 Å². The normalized spacial score (nSPS) is 10.5. The standard InChI is InChI=1S/C16H13N3O2S/c1-10-5-6-12(13(8-10)21-11(2)20)15-17-9-18-16(19-15)14-4-3-7-22-14/h3-9H,1-2H3. The molecule has 0 fully saturated rings. The predicted octanol–water partition coefficient (Wildman–Crippen LogP) is 3.50. The molecule has 3 aromatic rings. The molecule has 0 aliphatic carbocycles. The van der Waals surface area contributed by atoms with E-state index in [1.165, 1.54) is 13.3 Å². The van der Waals surface area contributed by atoms with Crippen LogP contribution in [0, 0.1) is 6.92 Å². The first kappa shape index (κ1) is 14.3. The van der Waals surface area contributed by atoms with Gasteiger partial charge in [0.1, 0.15) is 12.1 Å². The second kappa shape index (κ2) is 6.03. The maximum absolute atomic E-state index is 11.3. The van der Waals surface area contributed by atoms with Crippen molar-refractivity contribution in [2.45, 2.75) is 13.8 Å². The molecule has 0 spiro atoms. The smallest absolute Gasteiger partial charge is 0.308 e. The Morgan fingerprint density at radius 2 is 2.00 bits per heavy atom. The molecule has 0 N–H and O–H groups in total. The number of aromatic nitrogens is 3. The second-order valence-corrected chi connectivity index (χ2v) is 5.65. The molecule has 6 heteroatoms. The van der Waals surface area contributed by atoms with Gasteiger partial charge >= 0.3 is 5.97 Å². The average Bonchev–Trinajstić information content (AvgIpc) is 3.01. The Morgan fingerprint density at radius 1 is 1.18 bits per heavy atom. The third kappa shape index (κ3) is 3.01. The van der Waals surface area contributed by atoms with Crippen LogP contribution >= 0.6 is 11.3 Å². The molecular weight excluding hydrogens is 298 g/mol. The number of aryl methyl sites for hydroxylation is 1. The highest BCUT2D eigenvalue weighted by Gasteiger charge is 2.13. The monoisotopic (exact) mass is 311 g/mol. The fourth-order valence-electron chi connectivity index (χ4n) is 2.00. The van der Waals surface area contributed by atoms with Crippen LogP contribution in [0.25, 0.3) is 22.1 Å². The van der Waals surface area contributed by atoms with Gasteiger partial charge in [0, 0.05) is 6.92 Å². The van der Waals surface area contributed by atoms with E-state index < -0.39 is 0 Å². The van der Waals surface area contributed by atoms with E-state index in [0.29, 0.717) is 23.0 Å². The first-order chi connectivity index (χ1) is 10.6. The van der Waals surface area contributed by atoms with Crippen LogP contribution in [0.15, 0.2) is 42.0 Å². The van der Waals surface area contributed by atoms with Crippen molar-refractivity contribution < 1.29 is 9.53 Å². The highest BCUT2D eigenvalue weighted by Crippen LogP contribution is 2.30. The molecule has 3 rings (SSSR count). The summed E-state index contributed by atoms with van der Waals surface area (Å²) >= 11 is 1.56. The number of carbonyl (C=O) groups is 1. The van der Waals surface area contributed by atoms with Crippen molar-refractivity contribution in [1.82, 2.24) is 15.0 Å². The molecule has 0 atom stereocenters. The summed E-state index contributed by atoms with van der Waals surface area (Å²) in [6, 6.07) is 9.47. The summed E-state index contributed by atoms with van der Waals surface area (Å²) in [6.45, 7) is 3.30. The molecule has 2 aromatic heterocycles. The maximum Gasteiger partial charge on any atom is 0.308 e. The largest absolute Gasteiger partial charge is 0.426 e. The van der Waals surface area contributed by atoms with Gasteiger partial charge in [0.25, 0.3) is 0 Å². The van der Waals surface area contributed by atoms with Crippen molar-refractivity contribution in [2.75, 3.05) is 0 Å². The van der Waals surface area contributed by atoms with E-state index in [2.05, 4.69) is 15.0 Å². The zero-order valence-electron chi connectivity index (χ0n) is 12.1. The van der Waals surface area contributed by atoms with Gasteiger partial charge in [-0.15, -0.1) is 11.3 Å². The van der Waals surface area contributed by atoms with Gasteiger partial charge in [0.05, 0.1) is 10.4 Å². The summed E-state index contributed by atoms with van der Waals surface area (Å²) in [5, 5.41) is 1.97. The van der Waals surface area contributed by atoms with Crippen LogP contribution in [-0.4, -0.2) is 20.9 Å². The summed E-state index contributed by atoms with van der Waals surface area (Å²) < 4.78 is 5.27. The SMILES string of the molecule is CC(=O)Oc1cc(C)ccc1-c1ncnc(-c2cccs2)n1. The third-order valence-electron chi connectivity index (χ3n) is 2.95. The molecule has 0 unspecified atom stereocenters. The van der Waals surface area contributed by atoms with Gasteiger partial charge < -0.3 is 4.74 Å². The van der Waals surface area contributed by atoms with Crippen LogP contribution in [0.5, 0.6) is 5.75 Å². The van der Waals surface area contributed by atoms with Crippen LogP contribution in [0.4, 0.5) is 0 Å². The van der Waals surface area contributed by atoms with Gasteiger partial charge in [-0.2, -0.15) is 0 Å². The van der Waals surface area contributed by atoms with Crippen LogP contribution in [-0.2, 0) is 4.79 Å². The average molecular weight is 311 g/mol. The Labute approximate surface area is 131 Å². The Bertz CT molecular complexity index is 816. The zero-order valence-corrected chi connectivity index (χ0v) is 12.9. The maximum atomic E-state index is 11.3. The molecule has 0 bridgehead atoms. The van der Waals surface area contributed by atoms with Crippen molar-refractivity contribution in [3.63, 3.8) is 0 Å². The summed E-state index contributed by atoms with van der Waals surface area (Å²) in [6.07, 6.45) is 1.47. The fraction of sp³-hybridized carbons (Fsp3) is 0.125. The molecule has 0 amide bonds. The summed E-state index contributed by atoms with van der Waals surface area (Å²) in [5.41, 5.74) is 1.66. The van der Waals surface area contributed by atoms with E-state index in [4.69, 9.17) is 4.74 Å². The number of carbonyl (C=O) groups excluding carboxylic acids is 1. The molecule has 1 aromatic carbocycles. The summed E-state index contributed by atoms with van der Waals surface area (Å²) in [7, 11) is 0. The fourth-order valence-corrected chi connectivity index (χ4v) is 2.67. The van der Waals surface area contributed by atoms with Crippen molar-refractivity contribution in [2.24, 2.45) is 0 Å². The number of esters is 1. The van der Waals surface area contributed by atoms with E-state index in [0.717, 1.165) is 10.4 Å². The van der Waals surface area contributed by atoms with Crippen LogP contribution in [0.2, 0.25) is 0 Å².